The van der Waals surface area contributed by atoms with Crippen LogP contribution in [0.15, 0.2) is 0 Å². The van der Waals surface area contributed by atoms with Gasteiger partial charge in [-0.3, -0.25) is 4.79 Å². The van der Waals surface area contributed by atoms with Gasteiger partial charge in [-0.25, -0.2) is 0 Å². The summed E-state index contributed by atoms with van der Waals surface area (Å²) in [5.41, 5.74) is 0. The van der Waals surface area contributed by atoms with E-state index in [1.165, 1.54) is 4.90 Å². The van der Waals surface area contributed by atoms with Gasteiger partial charge in [0.15, 0.2) is 0 Å². The fourth-order valence-corrected chi connectivity index (χ4v) is 0.359. The van der Waals surface area contributed by atoms with Crippen molar-refractivity contribution in [1.82, 2.24) is 4.90 Å². The minimum absolute atomic E-state index is 0.0540. The van der Waals surface area contributed by atoms with Gasteiger partial charge in [-0.2, -0.15) is 0 Å². The van der Waals surface area contributed by atoms with E-state index in [4.69, 9.17) is 11.6 Å². The van der Waals surface area contributed by atoms with E-state index < -0.39 is 0 Å². The van der Waals surface area contributed by atoms with E-state index >= 15 is 0 Å². The molecule has 0 unspecified atom stereocenters. The lowest BCUT2D eigenvalue weighted by Gasteiger charge is -2.04. The highest BCUT2D eigenvalue weighted by Crippen LogP contribution is 1.80. The molecule has 0 aromatic heterocycles. The third-order valence-electron chi connectivity index (χ3n) is 0.613. The highest BCUT2D eigenvalue weighted by Gasteiger charge is 1.97. The van der Waals surface area contributed by atoms with Gasteiger partial charge in [0, 0.05) is 14.1 Å². The van der Waals surface area contributed by atoms with Crippen LogP contribution in [0.3, 0.4) is 0 Å². The van der Waals surface area contributed by atoms with Gasteiger partial charge < -0.3 is 4.90 Å². The Morgan fingerprint density at radius 2 is 1.78 bits per heavy atom. The topological polar surface area (TPSA) is 20.3 Å². The van der Waals surface area contributed by atoms with Crippen LogP contribution >= 0.6 is 11.6 Å². The van der Waals surface area contributed by atoms with E-state index in [9.17, 15) is 4.79 Å². The monoisotopic (exact) mass is 151 g/mol. The Morgan fingerprint density at radius 1 is 1.44 bits per heavy atom. The van der Waals surface area contributed by atoms with Gasteiger partial charge in [0.25, 0.3) is 0 Å². The van der Waals surface area contributed by atoms with Gasteiger partial charge in [0.05, 0.1) is 0 Å². The molecule has 0 aromatic rings. The second-order valence-corrected chi connectivity index (χ2v) is 1.69. The van der Waals surface area contributed by atoms with E-state index in [1.807, 2.05) is 13.8 Å². The quantitative estimate of drug-likeness (QED) is 0.518. The summed E-state index contributed by atoms with van der Waals surface area (Å²) in [6.45, 7) is 4.00. The molecule has 0 rings (SSSR count). The van der Waals surface area contributed by atoms with Crippen LogP contribution in [0.4, 0.5) is 0 Å². The third-order valence-corrected chi connectivity index (χ3v) is 0.842. The van der Waals surface area contributed by atoms with E-state index in [0.29, 0.717) is 0 Å². The molecule has 9 heavy (non-hydrogen) atoms. The third kappa shape index (κ3) is 7.76. The zero-order chi connectivity index (χ0) is 7.86. The Morgan fingerprint density at radius 3 is 1.78 bits per heavy atom. The smallest absolute Gasteiger partial charge is 0.236 e. The van der Waals surface area contributed by atoms with Crippen molar-refractivity contribution in [3.63, 3.8) is 0 Å². The molecule has 0 radical (unpaired) electrons. The molecule has 0 aromatic carbocycles. The van der Waals surface area contributed by atoms with Crippen LogP contribution in [-0.2, 0) is 4.79 Å². The number of hydrogen-bond acceptors (Lipinski definition) is 1. The van der Waals surface area contributed by atoms with Crippen molar-refractivity contribution >= 4 is 17.5 Å². The molecule has 0 heterocycles. The number of alkyl halides is 1. The summed E-state index contributed by atoms with van der Waals surface area (Å²) in [6, 6.07) is 0. The van der Waals surface area contributed by atoms with Crippen molar-refractivity contribution in [3.8, 4) is 0 Å². The van der Waals surface area contributed by atoms with Gasteiger partial charge in [-0.1, -0.05) is 13.8 Å². The van der Waals surface area contributed by atoms with Gasteiger partial charge in [-0.15, -0.1) is 11.6 Å². The standard InChI is InChI=1S/C4H8ClNO.C2H6/c1-6(2)4(7)3-5;1-2/h3H2,1-2H3;1-2H3. The summed E-state index contributed by atoms with van der Waals surface area (Å²) in [6.07, 6.45) is 0. The predicted octanol–water partition coefficient (Wildman–Crippen LogP) is 1.34. The molecule has 0 atom stereocenters. The number of halogens is 1. The first-order chi connectivity index (χ1) is 4.18. The van der Waals surface area contributed by atoms with E-state index in [2.05, 4.69) is 0 Å². The Bertz CT molecular complexity index is 73.5. The summed E-state index contributed by atoms with van der Waals surface area (Å²) in [5.74, 6) is 0.0224. The molecule has 0 saturated heterocycles. The number of nitrogens with zero attached hydrogens (tertiary/aromatic N) is 1. The Balaban J connectivity index is 0. The maximum atomic E-state index is 10.3. The summed E-state index contributed by atoms with van der Waals surface area (Å²) < 4.78 is 0. The van der Waals surface area contributed by atoms with Gasteiger partial charge >= 0.3 is 0 Å². The molecule has 0 aliphatic heterocycles. The normalized spacial score (nSPS) is 7.22. The first-order valence-corrected chi connectivity index (χ1v) is 3.48. The van der Waals surface area contributed by atoms with Gasteiger partial charge in [0.1, 0.15) is 5.88 Å². The maximum absolute atomic E-state index is 10.3. The SMILES string of the molecule is CC.CN(C)C(=O)CCl. The molecule has 0 aliphatic rings. The minimum Gasteiger partial charge on any atom is -0.348 e. The lowest BCUT2D eigenvalue weighted by Crippen LogP contribution is -2.22. The average molecular weight is 152 g/mol. The molecule has 0 N–H and O–H groups in total. The fourth-order valence-electron chi connectivity index (χ4n) is 0.120. The number of rotatable bonds is 1. The summed E-state index contributed by atoms with van der Waals surface area (Å²) in [4.78, 5) is 11.8. The second kappa shape index (κ2) is 7.76. The minimum atomic E-state index is -0.0540. The lowest BCUT2D eigenvalue weighted by molar-refractivity contribution is -0.126. The van der Waals surface area contributed by atoms with Crippen LogP contribution in [-0.4, -0.2) is 30.8 Å². The average Bonchev–Trinajstić information content (AvgIpc) is 1.91. The number of carbonyl (C=O) groups excluding carboxylic acids is 1. The van der Waals surface area contributed by atoms with Crippen molar-refractivity contribution < 1.29 is 4.79 Å². The zero-order valence-corrected chi connectivity index (χ0v) is 7.20. The number of carbonyl (C=O) groups is 1. The number of amides is 1. The Labute approximate surface area is 61.8 Å². The molecular formula is C6H14ClNO. The van der Waals surface area contributed by atoms with Gasteiger partial charge in [-0.05, 0) is 0 Å². The van der Waals surface area contributed by atoms with E-state index in [-0.39, 0.29) is 11.8 Å². The molecule has 3 heteroatoms. The molecular weight excluding hydrogens is 138 g/mol. The van der Waals surface area contributed by atoms with Crippen molar-refractivity contribution in [1.29, 1.82) is 0 Å². The van der Waals surface area contributed by atoms with Crippen molar-refractivity contribution in [3.05, 3.63) is 0 Å². The first kappa shape index (κ1) is 11.5. The molecule has 2 nitrogen and oxygen atoms in total. The predicted molar refractivity (Wildman–Crippen MR) is 40.8 cm³/mol. The summed E-state index contributed by atoms with van der Waals surface area (Å²) >= 11 is 5.16. The van der Waals surface area contributed by atoms with Gasteiger partial charge in [0.2, 0.25) is 5.91 Å². The van der Waals surface area contributed by atoms with Crippen LogP contribution in [0.5, 0.6) is 0 Å². The van der Waals surface area contributed by atoms with Crippen LogP contribution < -0.4 is 0 Å². The summed E-state index contributed by atoms with van der Waals surface area (Å²) in [7, 11) is 3.34. The Kier molecular flexibility index (Phi) is 9.95. The molecule has 56 valence electrons. The van der Waals surface area contributed by atoms with Crippen molar-refractivity contribution in [2.24, 2.45) is 0 Å². The molecule has 0 aliphatic carbocycles. The van der Waals surface area contributed by atoms with Crippen LogP contribution in [0, 0.1) is 0 Å². The van der Waals surface area contributed by atoms with Crippen molar-refractivity contribution in [2.75, 3.05) is 20.0 Å². The second-order valence-electron chi connectivity index (χ2n) is 1.42. The van der Waals surface area contributed by atoms with Crippen LogP contribution in [0.1, 0.15) is 13.8 Å². The first-order valence-electron chi connectivity index (χ1n) is 2.94. The van der Waals surface area contributed by atoms with Crippen molar-refractivity contribution in [2.45, 2.75) is 13.8 Å². The fraction of sp³-hybridized carbons (Fsp3) is 0.833. The lowest BCUT2D eigenvalue weighted by atomic mass is 10.6. The van der Waals surface area contributed by atoms with E-state index in [1.54, 1.807) is 14.1 Å². The Hall–Kier alpha value is -0.240. The molecule has 0 spiro atoms. The molecule has 0 saturated carbocycles. The maximum Gasteiger partial charge on any atom is 0.236 e. The molecule has 0 fully saturated rings. The van der Waals surface area contributed by atoms with Crippen LogP contribution in [0.2, 0.25) is 0 Å². The van der Waals surface area contributed by atoms with Crippen LogP contribution in [0.25, 0.3) is 0 Å². The van der Waals surface area contributed by atoms with E-state index in [0.717, 1.165) is 0 Å². The largest absolute Gasteiger partial charge is 0.348 e. The summed E-state index contributed by atoms with van der Waals surface area (Å²) in [5, 5.41) is 0. The zero-order valence-electron chi connectivity index (χ0n) is 6.44. The highest BCUT2D eigenvalue weighted by molar-refractivity contribution is 6.27. The number of hydrogen-bond donors (Lipinski definition) is 0. The molecule has 0 bridgehead atoms. The molecule has 1 amide bonds. The highest BCUT2D eigenvalue weighted by atomic mass is 35.5.